The lowest BCUT2D eigenvalue weighted by Crippen LogP contribution is -2.13. The van der Waals surface area contributed by atoms with Crippen LogP contribution in [-0.4, -0.2) is 11.0 Å². The predicted octanol–water partition coefficient (Wildman–Crippen LogP) is 6.01. The molecule has 3 aromatic carbocycles. The molecule has 4 aromatic rings. The van der Waals surface area contributed by atoms with Crippen molar-refractivity contribution < 1.29 is 9.53 Å². The predicted molar refractivity (Wildman–Crippen MR) is 113 cm³/mol. The largest absolute Gasteiger partial charge is 0.423 e. The molecule has 1 aromatic heterocycles. The fourth-order valence-corrected chi connectivity index (χ4v) is 3.29. The molecule has 0 amide bonds. The van der Waals surface area contributed by atoms with Gasteiger partial charge in [0.15, 0.2) is 5.75 Å². The lowest BCUT2D eigenvalue weighted by molar-refractivity contribution is -0.133. The van der Waals surface area contributed by atoms with E-state index in [9.17, 15) is 4.79 Å². The summed E-state index contributed by atoms with van der Waals surface area (Å²) in [7, 11) is 0. The summed E-state index contributed by atoms with van der Waals surface area (Å²) in [6.07, 6.45) is 1.99. The van der Waals surface area contributed by atoms with Crippen LogP contribution in [0, 0.1) is 6.92 Å². The Hall–Kier alpha value is -3.17. The van der Waals surface area contributed by atoms with E-state index < -0.39 is 0 Å². The second kappa shape index (κ2) is 7.83. The van der Waals surface area contributed by atoms with E-state index in [4.69, 9.17) is 16.3 Å². The Morgan fingerprint density at radius 1 is 0.964 bits per heavy atom. The maximum Gasteiger partial charge on any atom is 0.315 e. The lowest BCUT2D eigenvalue weighted by atomic mass is 10.0. The number of hydrogen-bond donors (Lipinski definition) is 0. The second-order valence-corrected chi connectivity index (χ2v) is 7.04. The van der Waals surface area contributed by atoms with Crippen LogP contribution in [0.25, 0.3) is 22.0 Å². The van der Waals surface area contributed by atoms with Crippen molar-refractivity contribution >= 4 is 28.3 Å². The van der Waals surface area contributed by atoms with Crippen LogP contribution in [0.3, 0.4) is 0 Å². The van der Waals surface area contributed by atoms with Crippen molar-refractivity contribution in [2.45, 2.75) is 13.3 Å². The monoisotopic (exact) mass is 387 g/mol. The molecular formula is C24H18ClNO2. The van der Waals surface area contributed by atoms with Gasteiger partial charge in [-0.3, -0.25) is 9.78 Å². The Balaban J connectivity index is 1.75. The van der Waals surface area contributed by atoms with E-state index in [1.807, 2.05) is 67.6 Å². The lowest BCUT2D eigenvalue weighted by Gasteiger charge is -2.13. The molecule has 28 heavy (non-hydrogen) atoms. The first-order valence-electron chi connectivity index (χ1n) is 9.01. The van der Waals surface area contributed by atoms with E-state index in [1.165, 1.54) is 0 Å². The van der Waals surface area contributed by atoms with E-state index in [0.29, 0.717) is 16.5 Å². The number of pyridine rings is 1. The van der Waals surface area contributed by atoms with Crippen molar-refractivity contribution in [1.29, 1.82) is 0 Å². The number of ether oxygens (including phenoxy) is 1. The first kappa shape index (κ1) is 18.2. The molecule has 0 unspecified atom stereocenters. The van der Waals surface area contributed by atoms with Crippen molar-refractivity contribution in [3.63, 3.8) is 0 Å². The van der Waals surface area contributed by atoms with Gasteiger partial charge < -0.3 is 4.74 Å². The Kier molecular flexibility index (Phi) is 5.09. The summed E-state index contributed by atoms with van der Waals surface area (Å²) < 4.78 is 5.87. The third-order valence-corrected chi connectivity index (χ3v) is 4.93. The third kappa shape index (κ3) is 3.75. The van der Waals surface area contributed by atoms with Gasteiger partial charge in [-0.2, -0.15) is 0 Å². The van der Waals surface area contributed by atoms with Crippen LogP contribution in [0.4, 0.5) is 0 Å². The van der Waals surface area contributed by atoms with Gasteiger partial charge in [0.05, 0.1) is 6.42 Å². The molecule has 0 radical (unpaired) electrons. The molecule has 0 N–H and O–H groups in total. The molecule has 138 valence electrons. The fraction of sp³-hybridized carbons (Fsp3) is 0.0833. The van der Waals surface area contributed by atoms with Crippen LogP contribution in [0.5, 0.6) is 5.75 Å². The number of aryl methyl sites for hydroxylation is 1. The van der Waals surface area contributed by atoms with Crippen molar-refractivity contribution in [2.75, 3.05) is 0 Å². The summed E-state index contributed by atoms with van der Waals surface area (Å²) in [4.78, 5) is 17.3. The van der Waals surface area contributed by atoms with Crippen LogP contribution in [0.15, 0.2) is 79.0 Å². The molecule has 3 nitrogen and oxygen atoms in total. The smallest absolute Gasteiger partial charge is 0.315 e. The van der Waals surface area contributed by atoms with Gasteiger partial charge in [-0.1, -0.05) is 72.3 Å². The molecule has 4 heteroatoms. The molecule has 0 aliphatic heterocycles. The Morgan fingerprint density at radius 2 is 1.68 bits per heavy atom. The SMILES string of the molecule is Cc1ccccc1CC(=O)Oc1c(-c2ccc(Cl)cc2)ncc2ccccc12. The van der Waals surface area contributed by atoms with E-state index in [1.54, 1.807) is 18.3 Å². The van der Waals surface area contributed by atoms with Crippen LogP contribution in [0.2, 0.25) is 5.02 Å². The van der Waals surface area contributed by atoms with E-state index in [-0.39, 0.29) is 12.4 Å². The van der Waals surface area contributed by atoms with Gasteiger partial charge >= 0.3 is 5.97 Å². The average Bonchev–Trinajstić information content (AvgIpc) is 2.71. The highest BCUT2D eigenvalue weighted by atomic mass is 35.5. The minimum absolute atomic E-state index is 0.204. The van der Waals surface area contributed by atoms with Crippen LogP contribution < -0.4 is 4.74 Å². The van der Waals surface area contributed by atoms with Gasteiger partial charge in [0.25, 0.3) is 0 Å². The zero-order chi connectivity index (χ0) is 19.5. The van der Waals surface area contributed by atoms with E-state index >= 15 is 0 Å². The van der Waals surface area contributed by atoms with Gasteiger partial charge in [-0.25, -0.2) is 0 Å². The number of esters is 1. The fourth-order valence-electron chi connectivity index (χ4n) is 3.17. The highest BCUT2D eigenvalue weighted by Crippen LogP contribution is 2.35. The average molecular weight is 388 g/mol. The molecule has 0 saturated heterocycles. The van der Waals surface area contributed by atoms with E-state index in [2.05, 4.69) is 4.98 Å². The number of carbonyl (C=O) groups excluding carboxylic acids is 1. The second-order valence-electron chi connectivity index (χ2n) is 6.61. The molecule has 0 bridgehead atoms. The van der Waals surface area contributed by atoms with Crippen molar-refractivity contribution in [2.24, 2.45) is 0 Å². The Bertz CT molecular complexity index is 1150. The number of fused-ring (bicyclic) bond motifs is 1. The normalized spacial score (nSPS) is 10.8. The topological polar surface area (TPSA) is 39.2 Å². The Morgan fingerprint density at radius 3 is 2.46 bits per heavy atom. The summed E-state index contributed by atoms with van der Waals surface area (Å²) in [5.74, 6) is 0.154. The van der Waals surface area contributed by atoms with Crippen molar-refractivity contribution in [3.05, 3.63) is 95.1 Å². The van der Waals surface area contributed by atoms with E-state index in [0.717, 1.165) is 27.5 Å². The van der Waals surface area contributed by atoms with Crippen LogP contribution >= 0.6 is 11.6 Å². The standard InChI is InChI=1S/C24H18ClNO2/c1-16-6-2-3-7-18(16)14-22(27)28-24-21-9-5-4-8-19(21)15-26-23(24)17-10-12-20(25)13-11-17/h2-13,15H,14H2,1H3. The third-order valence-electron chi connectivity index (χ3n) is 4.68. The number of carbonyl (C=O) groups is 1. The summed E-state index contributed by atoms with van der Waals surface area (Å²) in [5.41, 5.74) is 3.48. The molecule has 0 aliphatic carbocycles. The molecule has 1 heterocycles. The highest BCUT2D eigenvalue weighted by molar-refractivity contribution is 6.30. The highest BCUT2D eigenvalue weighted by Gasteiger charge is 2.17. The zero-order valence-electron chi connectivity index (χ0n) is 15.4. The molecule has 0 spiro atoms. The molecule has 0 aliphatic rings. The molecule has 0 fully saturated rings. The maximum atomic E-state index is 12.7. The van der Waals surface area contributed by atoms with Crippen LogP contribution in [0.1, 0.15) is 11.1 Å². The molecule has 4 rings (SSSR count). The molecular weight excluding hydrogens is 370 g/mol. The van der Waals surface area contributed by atoms with Gasteiger partial charge in [0, 0.05) is 27.6 Å². The van der Waals surface area contributed by atoms with Crippen molar-refractivity contribution in [1.82, 2.24) is 4.98 Å². The first-order chi connectivity index (χ1) is 13.6. The van der Waals surface area contributed by atoms with Crippen molar-refractivity contribution in [3.8, 4) is 17.0 Å². The van der Waals surface area contributed by atoms with Gasteiger partial charge in [0.2, 0.25) is 0 Å². The minimum atomic E-state index is -0.317. The van der Waals surface area contributed by atoms with Gasteiger partial charge in [-0.05, 0) is 30.2 Å². The number of nitrogens with zero attached hydrogens (tertiary/aromatic N) is 1. The first-order valence-corrected chi connectivity index (χ1v) is 9.38. The quantitative estimate of drug-likeness (QED) is 0.402. The van der Waals surface area contributed by atoms with Gasteiger partial charge in [0.1, 0.15) is 5.69 Å². The number of aromatic nitrogens is 1. The van der Waals surface area contributed by atoms with Crippen LogP contribution in [-0.2, 0) is 11.2 Å². The number of halogens is 1. The molecule has 0 atom stereocenters. The summed E-state index contributed by atoms with van der Waals surface area (Å²) in [6.45, 7) is 1.99. The number of benzene rings is 3. The number of rotatable bonds is 4. The van der Waals surface area contributed by atoms with Gasteiger partial charge in [-0.15, -0.1) is 0 Å². The minimum Gasteiger partial charge on any atom is -0.423 e. The molecule has 0 saturated carbocycles. The summed E-state index contributed by atoms with van der Waals surface area (Å²) in [6, 6.07) is 22.9. The number of hydrogen-bond acceptors (Lipinski definition) is 3. The summed E-state index contributed by atoms with van der Waals surface area (Å²) >= 11 is 6.02. The Labute approximate surface area is 168 Å². The zero-order valence-corrected chi connectivity index (χ0v) is 16.1. The summed E-state index contributed by atoms with van der Waals surface area (Å²) in [5, 5.41) is 2.40. The maximum absolute atomic E-state index is 12.7.